The van der Waals surface area contributed by atoms with Crippen LogP contribution in [0.2, 0.25) is 0 Å². The zero-order valence-corrected chi connectivity index (χ0v) is 13.0. The van der Waals surface area contributed by atoms with Crippen molar-refractivity contribution < 1.29 is 4.79 Å². The lowest BCUT2D eigenvalue weighted by Gasteiger charge is -2.25. The lowest BCUT2D eigenvalue weighted by Crippen LogP contribution is -2.24. The highest BCUT2D eigenvalue weighted by atomic mass is 35.5. The summed E-state index contributed by atoms with van der Waals surface area (Å²) < 4.78 is 0. The van der Waals surface area contributed by atoms with Crippen molar-refractivity contribution in [3.05, 3.63) is 95.6 Å². The van der Waals surface area contributed by atoms with Gasteiger partial charge >= 0.3 is 0 Å². The molecule has 1 unspecified atom stereocenters. The monoisotopic (exact) mass is 308 g/mol. The van der Waals surface area contributed by atoms with Crippen LogP contribution in [0.25, 0.3) is 0 Å². The SMILES string of the molecule is O=C(C1=CCC(Cl)(Cc2ccccc2)C=C1)c1ccccc1. The third-order valence-electron chi connectivity index (χ3n) is 3.86. The summed E-state index contributed by atoms with van der Waals surface area (Å²) in [6.07, 6.45) is 7.18. The van der Waals surface area contributed by atoms with Crippen molar-refractivity contribution in [2.45, 2.75) is 17.7 Å². The smallest absolute Gasteiger partial charge is 0.192 e. The molecule has 1 aliphatic carbocycles. The van der Waals surface area contributed by atoms with Crippen LogP contribution in [0.5, 0.6) is 0 Å². The van der Waals surface area contributed by atoms with Crippen molar-refractivity contribution in [2.75, 3.05) is 0 Å². The molecule has 0 aliphatic heterocycles. The van der Waals surface area contributed by atoms with Crippen LogP contribution in [0.3, 0.4) is 0 Å². The van der Waals surface area contributed by atoms with Gasteiger partial charge in [0.15, 0.2) is 5.78 Å². The zero-order chi connectivity index (χ0) is 15.4. The van der Waals surface area contributed by atoms with Gasteiger partial charge in [0.25, 0.3) is 0 Å². The molecule has 1 atom stereocenters. The van der Waals surface area contributed by atoms with E-state index in [4.69, 9.17) is 11.6 Å². The molecule has 1 nitrogen and oxygen atoms in total. The van der Waals surface area contributed by atoms with Gasteiger partial charge in [0.2, 0.25) is 0 Å². The van der Waals surface area contributed by atoms with Crippen LogP contribution in [0.1, 0.15) is 22.3 Å². The van der Waals surface area contributed by atoms with E-state index in [2.05, 4.69) is 12.1 Å². The van der Waals surface area contributed by atoms with Crippen LogP contribution in [-0.4, -0.2) is 10.7 Å². The number of allylic oxidation sites excluding steroid dienone is 4. The van der Waals surface area contributed by atoms with Crippen LogP contribution >= 0.6 is 11.6 Å². The van der Waals surface area contributed by atoms with Gasteiger partial charge in [-0.25, -0.2) is 0 Å². The van der Waals surface area contributed by atoms with Gasteiger partial charge in [0.05, 0.1) is 4.87 Å². The van der Waals surface area contributed by atoms with Crippen molar-refractivity contribution in [2.24, 2.45) is 0 Å². The summed E-state index contributed by atoms with van der Waals surface area (Å²) in [5.74, 6) is 0.0512. The Morgan fingerprint density at radius 2 is 1.64 bits per heavy atom. The fourth-order valence-electron chi connectivity index (χ4n) is 2.65. The van der Waals surface area contributed by atoms with E-state index in [9.17, 15) is 4.79 Å². The summed E-state index contributed by atoms with van der Waals surface area (Å²) in [6.45, 7) is 0. The first-order chi connectivity index (χ1) is 10.7. The molecule has 0 spiro atoms. The van der Waals surface area contributed by atoms with E-state index in [0.717, 1.165) is 12.0 Å². The van der Waals surface area contributed by atoms with E-state index in [1.165, 1.54) is 5.56 Å². The Morgan fingerprint density at radius 3 is 2.23 bits per heavy atom. The Balaban J connectivity index is 1.72. The van der Waals surface area contributed by atoms with Crippen LogP contribution in [-0.2, 0) is 6.42 Å². The van der Waals surface area contributed by atoms with Gasteiger partial charge in [-0.15, -0.1) is 11.6 Å². The molecule has 0 heterocycles. The maximum absolute atomic E-state index is 12.4. The fraction of sp³-hybridized carbons (Fsp3) is 0.150. The molecular weight excluding hydrogens is 292 g/mol. The average Bonchev–Trinajstić information content (AvgIpc) is 2.56. The van der Waals surface area contributed by atoms with Gasteiger partial charge in [0.1, 0.15) is 0 Å². The van der Waals surface area contributed by atoms with Gasteiger partial charge in [-0.1, -0.05) is 78.9 Å². The normalized spacial score (nSPS) is 20.5. The van der Waals surface area contributed by atoms with Crippen molar-refractivity contribution >= 4 is 17.4 Å². The molecule has 0 radical (unpaired) electrons. The first-order valence-corrected chi connectivity index (χ1v) is 7.76. The molecule has 22 heavy (non-hydrogen) atoms. The molecular formula is C20H17ClO. The Hall–Kier alpha value is -2.12. The second-order valence-electron chi connectivity index (χ2n) is 5.59. The number of hydrogen-bond acceptors (Lipinski definition) is 1. The summed E-state index contributed by atoms with van der Waals surface area (Å²) in [5.41, 5.74) is 2.63. The Bertz CT molecular complexity index is 716. The number of hydrogen-bond donors (Lipinski definition) is 0. The summed E-state index contributed by atoms with van der Waals surface area (Å²) in [5, 5.41) is 0. The quantitative estimate of drug-likeness (QED) is 0.575. The molecule has 0 bridgehead atoms. The number of carbonyl (C=O) groups excluding carboxylic acids is 1. The standard InChI is InChI=1S/C20H17ClO/c21-20(15-16-7-3-1-4-8-16)13-11-18(12-14-20)19(22)17-9-5-2-6-10-17/h1-13H,14-15H2. The molecule has 2 aromatic carbocycles. The Kier molecular flexibility index (Phi) is 4.26. The molecule has 0 saturated carbocycles. The lowest BCUT2D eigenvalue weighted by atomic mass is 9.88. The number of ketones is 1. The molecule has 0 saturated heterocycles. The predicted octanol–water partition coefficient (Wildman–Crippen LogP) is 4.98. The maximum atomic E-state index is 12.4. The van der Waals surface area contributed by atoms with Gasteiger partial charge in [-0.3, -0.25) is 4.79 Å². The highest BCUT2D eigenvalue weighted by Crippen LogP contribution is 2.32. The van der Waals surface area contributed by atoms with Gasteiger partial charge in [0, 0.05) is 11.1 Å². The number of benzene rings is 2. The van der Waals surface area contributed by atoms with E-state index < -0.39 is 4.87 Å². The summed E-state index contributed by atoms with van der Waals surface area (Å²) in [4.78, 5) is 12.0. The molecule has 0 fully saturated rings. The summed E-state index contributed by atoms with van der Waals surface area (Å²) >= 11 is 6.68. The molecule has 1 aliphatic rings. The first-order valence-electron chi connectivity index (χ1n) is 7.38. The van der Waals surface area contributed by atoms with E-state index >= 15 is 0 Å². The van der Waals surface area contributed by atoms with E-state index in [1.54, 1.807) is 0 Å². The number of carbonyl (C=O) groups is 1. The predicted molar refractivity (Wildman–Crippen MR) is 91.3 cm³/mol. The van der Waals surface area contributed by atoms with Crippen LogP contribution in [0, 0.1) is 0 Å². The maximum Gasteiger partial charge on any atom is 0.192 e. The Labute approximate surface area is 135 Å². The number of rotatable bonds is 4. The van der Waals surface area contributed by atoms with Gasteiger partial charge in [-0.05, 0) is 18.4 Å². The van der Waals surface area contributed by atoms with E-state index in [0.29, 0.717) is 12.0 Å². The molecule has 110 valence electrons. The summed E-state index contributed by atoms with van der Waals surface area (Å²) in [7, 11) is 0. The van der Waals surface area contributed by atoms with Crippen molar-refractivity contribution in [1.29, 1.82) is 0 Å². The zero-order valence-electron chi connectivity index (χ0n) is 12.2. The largest absolute Gasteiger partial charge is 0.289 e. The lowest BCUT2D eigenvalue weighted by molar-refractivity contribution is 0.103. The van der Waals surface area contributed by atoms with Crippen LogP contribution < -0.4 is 0 Å². The highest BCUT2D eigenvalue weighted by Gasteiger charge is 2.27. The minimum atomic E-state index is -0.443. The fourth-order valence-corrected chi connectivity index (χ4v) is 2.94. The Morgan fingerprint density at radius 1 is 1.00 bits per heavy atom. The van der Waals surface area contributed by atoms with E-state index in [1.807, 2.05) is 66.8 Å². The number of alkyl halides is 1. The minimum Gasteiger partial charge on any atom is -0.289 e. The van der Waals surface area contributed by atoms with Crippen LogP contribution in [0.4, 0.5) is 0 Å². The second kappa shape index (κ2) is 6.33. The van der Waals surface area contributed by atoms with Crippen molar-refractivity contribution in [3.63, 3.8) is 0 Å². The van der Waals surface area contributed by atoms with Gasteiger partial charge in [-0.2, -0.15) is 0 Å². The average molecular weight is 309 g/mol. The van der Waals surface area contributed by atoms with Crippen molar-refractivity contribution in [1.82, 2.24) is 0 Å². The molecule has 0 N–H and O–H groups in total. The van der Waals surface area contributed by atoms with Gasteiger partial charge < -0.3 is 0 Å². The second-order valence-corrected chi connectivity index (χ2v) is 6.34. The molecule has 0 aromatic heterocycles. The van der Waals surface area contributed by atoms with Crippen molar-refractivity contribution in [3.8, 4) is 0 Å². The summed E-state index contributed by atoms with van der Waals surface area (Å²) in [6, 6.07) is 19.5. The number of halogens is 1. The molecule has 0 amide bonds. The highest BCUT2D eigenvalue weighted by molar-refractivity contribution is 6.26. The van der Waals surface area contributed by atoms with Crippen LogP contribution in [0.15, 0.2) is 84.5 Å². The third-order valence-corrected chi connectivity index (χ3v) is 4.28. The molecule has 3 rings (SSSR count). The number of Topliss-reactive ketones (excluding diaryl/α,β-unsaturated/α-hetero) is 1. The topological polar surface area (TPSA) is 17.1 Å². The van der Waals surface area contributed by atoms with E-state index in [-0.39, 0.29) is 5.78 Å². The molecule has 2 aromatic rings. The third kappa shape index (κ3) is 3.37. The minimum absolute atomic E-state index is 0.0512. The molecule has 2 heteroatoms. The first kappa shape index (κ1) is 14.8.